The van der Waals surface area contributed by atoms with E-state index in [1.165, 1.54) is 0 Å². The molecule has 4 atom stereocenters. The number of methoxy groups -OCH3 is 1. The van der Waals surface area contributed by atoms with E-state index in [1.54, 1.807) is 24.2 Å². The number of benzene rings is 1. The number of carbonyl (C=O) groups is 1. The molecule has 0 bridgehead atoms. The highest BCUT2D eigenvalue weighted by atomic mass is 16.5. The summed E-state index contributed by atoms with van der Waals surface area (Å²) in [5.41, 5.74) is 1.34. The lowest BCUT2D eigenvalue weighted by Crippen LogP contribution is -2.69. The number of aromatic nitrogens is 2. The molecule has 0 unspecified atom stereocenters. The van der Waals surface area contributed by atoms with Gasteiger partial charge in [-0.25, -0.2) is 4.68 Å². The van der Waals surface area contributed by atoms with Crippen LogP contribution in [-0.2, 0) is 4.74 Å². The first-order valence-electron chi connectivity index (χ1n) is 8.87. The number of hydrogen-bond donors (Lipinski definition) is 1. The molecule has 2 fully saturated rings. The third-order valence-electron chi connectivity index (χ3n) is 5.42. The van der Waals surface area contributed by atoms with E-state index in [0.29, 0.717) is 17.2 Å². The predicted octanol–water partition coefficient (Wildman–Crippen LogP) is 1.33. The number of ether oxygens (including phenoxy) is 2. The molecule has 138 valence electrons. The van der Waals surface area contributed by atoms with Crippen molar-refractivity contribution in [3.63, 3.8) is 0 Å². The number of fused-ring (bicyclic) bond motifs is 1. The van der Waals surface area contributed by atoms with E-state index in [9.17, 15) is 4.79 Å². The van der Waals surface area contributed by atoms with E-state index < -0.39 is 0 Å². The fraction of sp³-hybridized carbons (Fsp3) is 0.474. The zero-order valence-electron chi connectivity index (χ0n) is 15.3. The van der Waals surface area contributed by atoms with Gasteiger partial charge in [-0.05, 0) is 32.6 Å². The van der Waals surface area contributed by atoms with Crippen LogP contribution in [0.2, 0.25) is 0 Å². The topological polar surface area (TPSA) is 68.6 Å². The standard InChI is InChI=1S/C19H24N4O3/c1-22(2)17-16(13-8-9-26-18(13)17)21-19(24)12-10-20-23(11-12)14-6-4-5-7-15(14)25-3/h4-7,10-11,13,16-18H,8-9H2,1-3H3,(H,21,24)/t13-,16+,17-,18-/m1/s1. The average Bonchev–Trinajstić information content (AvgIpc) is 3.27. The summed E-state index contributed by atoms with van der Waals surface area (Å²) in [7, 11) is 5.68. The number of rotatable bonds is 5. The van der Waals surface area contributed by atoms with Crippen molar-refractivity contribution in [3.8, 4) is 11.4 Å². The Morgan fingerprint density at radius 1 is 1.38 bits per heavy atom. The van der Waals surface area contributed by atoms with Crippen LogP contribution in [0, 0.1) is 5.92 Å². The van der Waals surface area contributed by atoms with Gasteiger partial charge >= 0.3 is 0 Å². The van der Waals surface area contributed by atoms with Gasteiger partial charge in [0, 0.05) is 18.7 Å². The van der Waals surface area contributed by atoms with Crippen LogP contribution in [0.1, 0.15) is 16.8 Å². The zero-order valence-corrected chi connectivity index (χ0v) is 15.3. The maximum atomic E-state index is 12.7. The lowest BCUT2D eigenvalue weighted by molar-refractivity contribution is -0.0664. The molecule has 1 aromatic carbocycles. The molecule has 1 aromatic heterocycles. The molecule has 1 saturated carbocycles. The summed E-state index contributed by atoms with van der Waals surface area (Å²) in [6.07, 6.45) is 4.56. The Kier molecular flexibility index (Phi) is 4.42. The van der Waals surface area contributed by atoms with Crippen molar-refractivity contribution < 1.29 is 14.3 Å². The van der Waals surface area contributed by atoms with Crippen molar-refractivity contribution in [2.75, 3.05) is 27.8 Å². The first kappa shape index (κ1) is 17.1. The fourth-order valence-corrected chi connectivity index (χ4v) is 4.11. The van der Waals surface area contributed by atoms with Crippen LogP contribution in [0.15, 0.2) is 36.7 Å². The Bertz CT molecular complexity index is 804. The van der Waals surface area contributed by atoms with E-state index >= 15 is 0 Å². The van der Waals surface area contributed by atoms with Gasteiger partial charge in [-0.3, -0.25) is 4.79 Å². The average molecular weight is 356 g/mol. The second kappa shape index (κ2) is 6.74. The van der Waals surface area contributed by atoms with Gasteiger partial charge < -0.3 is 19.7 Å². The molecule has 2 aliphatic rings. The Morgan fingerprint density at radius 2 is 2.19 bits per heavy atom. The van der Waals surface area contributed by atoms with Gasteiger partial charge in [0.2, 0.25) is 0 Å². The van der Waals surface area contributed by atoms with Crippen LogP contribution in [0.4, 0.5) is 0 Å². The fourth-order valence-electron chi connectivity index (χ4n) is 4.11. The minimum atomic E-state index is -0.103. The van der Waals surface area contributed by atoms with Crippen LogP contribution in [0.5, 0.6) is 5.75 Å². The van der Waals surface area contributed by atoms with Crippen molar-refractivity contribution in [2.24, 2.45) is 5.92 Å². The monoisotopic (exact) mass is 356 g/mol. The second-order valence-corrected chi connectivity index (χ2v) is 7.09. The Morgan fingerprint density at radius 3 is 2.96 bits per heavy atom. The highest BCUT2D eigenvalue weighted by Crippen LogP contribution is 2.41. The molecule has 0 radical (unpaired) electrons. The first-order chi connectivity index (χ1) is 12.6. The molecule has 1 N–H and O–H groups in total. The molecule has 2 aromatic rings. The summed E-state index contributed by atoms with van der Waals surface area (Å²) >= 11 is 0. The Hall–Kier alpha value is -2.38. The Balaban J connectivity index is 1.50. The smallest absolute Gasteiger partial charge is 0.254 e. The number of carbonyl (C=O) groups excluding carboxylic acids is 1. The number of amides is 1. The van der Waals surface area contributed by atoms with Crippen molar-refractivity contribution in [1.82, 2.24) is 20.0 Å². The van der Waals surface area contributed by atoms with Gasteiger partial charge in [0.25, 0.3) is 5.91 Å². The number of para-hydroxylation sites is 2. The number of nitrogens with one attached hydrogen (secondary N) is 1. The Labute approximate surface area is 152 Å². The van der Waals surface area contributed by atoms with Crippen LogP contribution in [0.25, 0.3) is 5.69 Å². The molecule has 26 heavy (non-hydrogen) atoms. The van der Waals surface area contributed by atoms with E-state index in [2.05, 4.69) is 15.3 Å². The normalized spacial score (nSPS) is 27.1. The lowest BCUT2D eigenvalue weighted by Gasteiger charge is -2.50. The minimum Gasteiger partial charge on any atom is -0.494 e. The molecular formula is C19H24N4O3. The van der Waals surface area contributed by atoms with Crippen molar-refractivity contribution in [1.29, 1.82) is 0 Å². The SMILES string of the molecule is COc1ccccc1-n1cc(C(=O)N[C@H]2[C@H]3CCO[C@H]3[C@@H]2N(C)C)cn1. The second-order valence-electron chi connectivity index (χ2n) is 7.09. The number of nitrogens with zero attached hydrogens (tertiary/aromatic N) is 3. The summed E-state index contributed by atoms with van der Waals surface area (Å²) in [4.78, 5) is 14.9. The molecule has 1 saturated heterocycles. The molecule has 1 amide bonds. The molecular weight excluding hydrogens is 332 g/mol. The third-order valence-corrected chi connectivity index (χ3v) is 5.42. The summed E-state index contributed by atoms with van der Waals surface area (Å²) in [5, 5.41) is 7.51. The van der Waals surface area contributed by atoms with Crippen molar-refractivity contribution in [3.05, 3.63) is 42.2 Å². The maximum Gasteiger partial charge on any atom is 0.254 e. The van der Waals surface area contributed by atoms with Gasteiger partial charge in [0.15, 0.2) is 0 Å². The summed E-state index contributed by atoms with van der Waals surface area (Å²) in [6.45, 7) is 0.776. The molecule has 2 heterocycles. The van der Waals surface area contributed by atoms with E-state index in [1.807, 2.05) is 38.4 Å². The van der Waals surface area contributed by atoms with Gasteiger partial charge in [-0.1, -0.05) is 12.1 Å². The van der Waals surface area contributed by atoms with E-state index in [-0.39, 0.29) is 24.1 Å². The quantitative estimate of drug-likeness (QED) is 0.875. The molecule has 1 aliphatic heterocycles. The van der Waals surface area contributed by atoms with Crippen LogP contribution in [0.3, 0.4) is 0 Å². The molecule has 4 rings (SSSR count). The molecule has 7 heteroatoms. The van der Waals surface area contributed by atoms with Crippen molar-refractivity contribution in [2.45, 2.75) is 24.6 Å². The zero-order chi connectivity index (χ0) is 18.3. The highest BCUT2D eigenvalue weighted by molar-refractivity contribution is 5.94. The molecule has 1 aliphatic carbocycles. The summed E-state index contributed by atoms with van der Waals surface area (Å²) in [6, 6.07) is 7.91. The molecule has 7 nitrogen and oxygen atoms in total. The molecule has 0 spiro atoms. The van der Waals surface area contributed by atoms with Gasteiger partial charge in [-0.2, -0.15) is 5.10 Å². The van der Waals surface area contributed by atoms with E-state index in [0.717, 1.165) is 18.7 Å². The van der Waals surface area contributed by atoms with Gasteiger partial charge in [0.1, 0.15) is 11.4 Å². The van der Waals surface area contributed by atoms with Crippen LogP contribution < -0.4 is 10.1 Å². The first-order valence-corrected chi connectivity index (χ1v) is 8.87. The summed E-state index contributed by atoms with van der Waals surface area (Å²) < 4.78 is 12.8. The third kappa shape index (κ3) is 2.77. The summed E-state index contributed by atoms with van der Waals surface area (Å²) in [5.74, 6) is 1.00. The van der Waals surface area contributed by atoms with Crippen LogP contribution in [-0.4, -0.2) is 66.6 Å². The minimum absolute atomic E-state index is 0.103. The maximum absolute atomic E-state index is 12.7. The van der Waals surface area contributed by atoms with Gasteiger partial charge in [-0.15, -0.1) is 0 Å². The van der Waals surface area contributed by atoms with Crippen molar-refractivity contribution >= 4 is 5.91 Å². The largest absolute Gasteiger partial charge is 0.494 e. The lowest BCUT2D eigenvalue weighted by atomic mass is 9.71. The van der Waals surface area contributed by atoms with E-state index in [4.69, 9.17) is 9.47 Å². The highest BCUT2D eigenvalue weighted by Gasteiger charge is 2.55. The predicted molar refractivity (Wildman–Crippen MR) is 96.7 cm³/mol. The van der Waals surface area contributed by atoms with Crippen LogP contribution >= 0.6 is 0 Å². The van der Waals surface area contributed by atoms with Gasteiger partial charge in [0.05, 0.1) is 37.1 Å². The number of likely N-dealkylation sites (N-methyl/N-ethyl adjacent to an activating group) is 1. The number of hydrogen-bond acceptors (Lipinski definition) is 5.